The van der Waals surface area contributed by atoms with E-state index >= 15 is 0 Å². The Morgan fingerprint density at radius 2 is 1.38 bits per heavy atom. The minimum atomic E-state index is -2.65. The molecule has 0 amide bonds. The van der Waals surface area contributed by atoms with E-state index in [2.05, 4.69) is 64.1 Å². The van der Waals surface area contributed by atoms with E-state index in [0.29, 0.717) is 0 Å². The molecule has 1 N–H and O–H groups in total. The van der Waals surface area contributed by atoms with E-state index in [0.717, 1.165) is 0 Å². The van der Waals surface area contributed by atoms with Gasteiger partial charge in [-0.15, -0.1) is 0 Å². The zero-order chi connectivity index (χ0) is 17.8. The molecule has 0 aliphatic carbocycles. The normalized spacial score (nSPS) is 14.0. The van der Waals surface area contributed by atoms with Crippen molar-refractivity contribution in [3.8, 4) is 0 Å². The molecule has 1 atom stereocenters. The predicted molar refractivity (Wildman–Crippen MR) is 111 cm³/mol. The Hall–Kier alpha value is -0.281. The van der Waals surface area contributed by atoms with Gasteiger partial charge in [-0.2, -0.15) is 0 Å². The maximum absolute atomic E-state index is 11.6. The molecule has 1 nitrogen and oxygen atoms in total. The number of hydrogen-bond donors (Lipinski definition) is 1. The Kier molecular flexibility index (Phi) is 11.0. The van der Waals surface area contributed by atoms with E-state index in [1.165, 1.54) is 63.0 Å². The molecular weight excluding hydrogens is 399 g/mol. The van der Waals surface area contributed by atoms with E-state index in [4.69, 9.17) is 0 Å². The number of unbranched alkanes of at least 4 members (excludes halogenated alkanes) is 3. The topological polar surface area (TPSA) is 20.2 Å². The fourth-order valence-electron chi connectivity index (χ4n) is 3.81. The van der Waals surface area contributed by atoms with E-state index in [-0.39, 0.29) is 4.12 Å². The zero-order valence-electron chi connectivity index (χ0n) is 16.4. The maximum atomic E-state index is 11.6. The van der Waals surface area contributed by atoms with Crippen LogP contribution in [0.2, 0.25) is 13.3 Å². The van der Waals surface area contributed by atoms with Crippen molar-refractivity contribution in [3.63, 3.8) is 0 Å². The monoisotopic (exact) mass is 438 g/mol. The summed E-state index contributed by atoms with van der Waals surface area (Å²) in [5, 5.41) is 11.6. The van der Waals surface area contributed by atoms with Crippen LogP contribution in [0.1, 0.15) is 71.8 Å². The number of benzene rings is 1. The van der Waals surface area contributed by atoms with Crippen molar-refractivity contribution in [1.82, 2.24) is 0 Å². The van der Waals surface area contributed by atoms with Gasteiger partial charge in [0.1, 0.15) is 0 Å². The number of aliphatic hydroxyl groups excluding tert-OH is 1. The molecule has 0 fully saturated rings. The second kappa shape index (κ2) is 12.1. The molecule has 1 aromatic carbocycles. The van der Waals surface area contributed by atoms with Crippen molar-refractivity contribution >= 4 is 24.0 Å². The van der Waals surface area contributed by atoms with Gasteiger partial charge in [0, 0.05) is 0 Å². The Labute approximate surface area is 154 Å². The number of rotatable bonds is 12. The Morgan fingerprint density at radius 3 is 1.75 bits per heavy atom. The summed E-state index contributed by atoms with van der Waals surface area (Å²) in [6.07, 6.45) is 9.82. The van der Waals surface area contributed by atoms with E-state index < -0.39 is 18.4 Å². The van der Waals surface area contributed by atoms with Crippen LogP contribution in [0.15, 0.2) is 36.4 Å². The van der Waals surface area contributed by atoms with Crippen molar-refractivity contribution in [2.45, 2.75) is 83.6 Å². The molecule has 1 rings (SSSR count). The summed E-state index contributed by atoms with van der Waals surface area (Å²) in [6, 6.07) is 10.6. The molecule has 0 saturated carbocycles. The molecule has 1 aromatic rings. The molecule has 0 aromatic heterocycles. The van der Waals surface area contributed by atoms with Crippen LogP contribution in [0.3, 0.4) is 0 Å². The van der Waals surface area contributed by atoms with Crippen LogP contribution in [0.5, 0.6) is 0 Å². The minimum absolute atomic E-state index is 0.156. The first-order valence-electron chi connectivity index (χ1n) is 10.0. The van der Waals surface area contributed by atoms with Crippen LogP contribution in [0, 0.1) is 0 Å². The van der Waals surface area contributed by atoms with Gasteiger partial charge < -0.3 is 0 Å². The molecule has 136 valence electrons. The molecular formula is C22H38OSn. The van der Waals surface area contributed by atoms with Crippen LogP contribution in [0.4, 0.5) is 0 Å². The third kappa shape index (κ3) is 6.22. The first kappa shape index (κ1) is 21.8. The van der Waals surface area contributed by atoms with Gasteiger partial charge >= 0.3 is 155 Å². The van der Waals surface area contributed by atoms with E-state index in [1.807, 2.05) is 0 Å². The molecule has 0 saturated heterocycles. The molecule has 0 spiro atoms. The van der Waals surface area contributed by atoms with Crippen LogP contribution in [-0.4, -0.2) is 27.6 Å². The third-order valence-electron chi connectivity index (χ3n) is 5.38. The Balaban J connectivity index is 3.16. The van der Waals surface area contributed by atoms with Crippen molar-refractivity contribution in [1.29, 1.82) is 0 Å². The Morgan fingerprint density at radius 1 is 0.917 bits per heavy atom. The van der Waals surface area contributed by atoms with Gasteiger partial charge in [0.2, 0.25) is 0 Å². The van der Waals surface area contributed by atoms with Crippen molar-refractivity contribution in [2.24, 2.45) is 0 Å². The summed E-state index contributed by atoms with van der Waals surface area (Å²) < 4.78 is 3.88. The summed E-state index contributed by atoms with van der Waals surface area (Å²) in [7, 11) is 0. The Bertz CT molecular complexity index is 444. The molecule has 1 unspecified atom stereocenters. The van der Waals surface area contributed by atoms with Crippen molar-refractivity contribution in [3.05, 3.63) is 42.0 Å². The van der Waals surface area contributed by atoms with Crippen molar-refractivity contribution < 1.29 is 5.11 Å². The molecule has 0 heterocycles. The second-order valence-electron chi connectivity index (χ2n) is 7.19. The van der Waals surface area contributed by atoms with E-state index in [1.54, 1.807) is 0 Å². The van der Waals surface area contributed by atoms with Crippen LogP contribution in [-0.2, 0) is 0 Å². The summed E-state index contributed by atoms with van der Waals surface area (Å²) >= 11 is -2.65. The predicted octanol–water partition coefficient (Wildman–Crippen LogP) is 6.84. The molecule has 0 aliphatic heterocycles. The standard InChI is InChI=1S/C10H11O.3C4H9.Sn/c1-2-9(8-11)10-6-4-3-5-7-10;3*1-3-4-2;/h2-8,11H,1H3;3*1,3-4H2,2H3;/b9-2-;;;;. The average Bonchev–Trinajstić information content (AvgIpc) is 2.63. The van der Waals surface area contributed by atoms with Gasteiger partial charge in [0.15, 0.2) is 0 Å². The van der Waals surface area contributed by atoms with Gasteiger partial charge in [-0.1, -0.05) is 0 Å². The summed E-state index contributed by atoms with van der Waals surface area (Å²) in [4.78, 5) is 0. The molecule has 0 radical (unpaired) electrons. The first-order valence-corrected chi connectivity index (χ1v) is 17.7. The quantitative estimate of drug-likeness (QED) is 0.355. The number of hydrogen-bond acceptors (Lipinski definition) is 1. The van der Waals surface area contributed by atoms with Gasteiger partial charge in [0.05, 0.1) is 0 Å². The summed E-state index contributed by atoms with van der Waals surface area (Å²) in [5.41, 5.74) is 2.42. The molecule has 2 heteroatoms. The summed E-state index contributed by atoms with van der Waals surface area (Å²) in [6.45, 7) is 8.96. The van der Waals surface area contributed by atoms with Crippen LogP contribution < -0.4 is 0 Å². The first-order chi connectivity index (χ1) is 11.6. The molecule has 0 aliphatic rings. The van der Waals surface area contributed by atoms with E-state index in [9.17, 15) is 5.11 Å². The SMILES string of the molecule is C/C=C(\c1ccccc1)[CH](O)[Sn]([CH2]CCC)([CH2]CCC)[CH2]CCC. The number of aliphatic hydroxyl groups is 1. The van der Waals surface area contributed by atoms with Crippen LogP contribution >= 0.6 is 0 Å². The van der Waals surface area contributed by atoms with Crippen molar-refractivity contribution in [2.75, 3.05) is 0 Å². The van der Waals surface area contributed by atoms with Gasteiger partial charge in [0.25, 0.3) is 0 Å². The average molecular weight is 437 g/mol. The van der Waals surface area contributed by atoms with Gasteiger partial charge in [-0.25, -0.2) is 0 Å². The third-order valence-corrected chi connectivity index (χ3v) is 21.1. The fourth-order valence-corrected chi connectivity index (χ4v) is 20.2. The van der Waals surface area contributed by atoms with Crippen LogP contribution in [0.25, 0.3) is 5.57 Å². The second-order valence-corrected chi connectivity index (χ2v) is 20.8. The number of allylic oxidation sites excluding steroid dienone is 1. The zero-order valence-corrected chi connectivity index (χ0v) is 19.2. The molecule has 24 heavy (non-hydrogen) atoms. The molecule has 0 bridgehead atoms. The summed E-state index contributed by atoms with van der Waals surface area (Å²) in [5.74, 6) is 0. The fraction of sp³-hybridized carbons (Fsp3) is 0.636. The van der Waals surface area contributed by atoms with Gasteiger partial charge in [-0.3, -0.25) is 0 Å². The van der Waals surface area contributed by atoms with Gasteiger partial charge in [-0.05, 0) is 0 Å².